The van der Waals surface area contributed by atoms with E-state index < -0.39 is 0 Å². The Kier molecular flexibility index (Phi) is 32.7. The minimum atomic E-state index is 0. The van der Waals surface area contributed by atoms with Crippen LogP contribution < -0.4 is 50.9 Å². The Hall–Kier alpha value is 1.40. The molecule has 0 saturated heterocycles. The van der Waals surface area contributed by atoms with Gasteiger partial charge < -0.3 is 55.4 Å². The highest BCUT2D eigenvalue weighted by atomic mass is 79.9. The van der Waals surface area contributed by atoms with Crippen molar-refractivity contribution < 1.29 is 55.4 Å². The van der Waals surface area contributed by atoms with Crippen molar-refractivity contribution in [3.8, 4) is 0 Å². The molecule has 4 heteroatoms. The summed E-state index contributed by atoms with van der Waals surface area (Å²) in [5, 5.41) is 0. The van der Waals surface area contributed by atoms with Crippen LogP contribution in [0.3, 0.4) is 0 Å². The lowest BCUT2D eigenvalue weighted by Gasteiger charge is -2.23. The van der Waals surface area contributed by atoms with Gasteiger partial charge in [0.05, 0.1) is 27.7 Å². The Morgan fingerprint density at radius 1 is 0.435 bits per heavy atom. The minimum absolute atomic E-state index is 0. The molecule has 0 aromatic carbocycles. The average Bonchev–Trinajstić information content (AvgIpc) is 2.38. The van der Waals surface area contributed by atoms with Gasteiger partial charge in [-0.15, -0.1) is 0 Å². The van der Waals surface area contributed by atoms with Gasteiger partial charge in [-0.25, -0.2) is 0 Å². The third-order valence-corrected chi connectivity index (χ3v) is 4.18. The first-order valence-corrected chi connectivity index (χ1v) is 9.36. The molecule has 0 amide bonds. The third-order valence-electron chi connectivity index (χ3n) is 4.18. The Bertz CT molecular complexity index is 194. The maximum absolute atomic E-state index is 2.29. The van der Waals surface area contributed by atoms with Crippen molar-refractivity contribution >= 4 is 0 Å². The van der Waals surface area contributed by atoms with Crippen LogP contribution in [0.15, 0.2) is 0 Å². The van der Waals surface area contributed by atoms with Gasteiger partial charge in [0.15, 0.2) is 0 Å². The molecular weight excluding hydrogens is 482 g/mol. The first-order valence-electron chi connectivity index (χ1n) is 9.36. The summed E-state index contributed by atoms with van der Waals surface area (Å²) in [5.41, 5.74) is 0. The second-order valence-electron chi connectivity index (χ2n) is 7.61. The van der Waals surface area contributed by atoms with E-state index in [0.29, 0.717) is 0 Å². The standard InChI is InChI=1S/C19H42N.3BrH/c1-5-6-7-8-9-10-11-12-13-14-15-16-17-18-19-20(2,3)4;;;/h5-19H2,1-4H3;3*1H/q+1;;;/p-3. The molecule has 23 heavy (non-hydrogen) atoms. The molecule has 0 atom stereocenters. The van der Waals surface area contributed by atoms with Crippen LogP contribution >= 0.6 is 0 Å². The number of unbranched alkanes of at least 4 members (excludes halogenated alkanes) is 13. The van der Waals surface area contributed by atoms with E-state index in [0.717, 1.165) is 4.48 Å². The van der Waals surface area contributed by atoms with E-state index in [1.54, 1.807) is 0 Å². The summed E-state index contributed by atoms with van der Waals surface area (Å²) in [7, 11) is 6.88. The van der Waals surface area contributed by atoms with Crippen LogP contribution in [0, 0.1) is 0 Å². The van der Waals surface area contributed by atoms with E-state index in [-0.39, 0.29) is 50.9 Å². The number of halogens is 3. The molecule has 0 aromatic heterocycles. The molecule has 0 fully saturated rings. The van der Waals surface area contributed by atoms with E-state index in [1.165, 1.54) is 96.4 Å². The summed E-state index contributed by atoms with van der Waals surface area (Å²) in [6, 6.07) is 0. The van der Waals surface area contributed by atoms with Crippen LogP contribution in [0.5, 0.6) is 0 Å². The van der Waals surface area contributed by atoms with Crippen molar-refractivity contribution in [2.75, 3.05) is 27.7 Å². The summed E-state index contributed by atoms with van der Waals surface area (Å²) in [6.45, 7) is 3.63. The predicted octanol–water partition coefficient (Wildman–Crippen LogP) is -2.81. The van der Waals surface area contributed by atoms with Gasteiger partial charge in [-0.3, -0.25) is 0 Å². The monoisotopic (exact) mass is 521 g/mol. The second kappa shape index (κ2) is 23.4. The highest BCUT2D eigenvalue weighted by Gasteiger charge is 2.04. The number of hydrogen-bond acceptors (Lipinski definition) is 0. The topological polar surface area (TPSA) is 0 Å². The first-order chi connectivity index (χ1) is 9.56. The molecule has 0 unspecified atom stereocenters. The largest absolute Gasteiger partial charge is 1.00 e. The van der Waals surface area contributed by atoms with E-state index in [9.17, 15) is 0 Å². The van der Waals surface area contributed by atoms with Gasteiger partial charge in [0.1, 0.15) is 0 Å². The van der Waals surface area contributed by atoms with Crippen molar-refractivity contribution in [3.05, 3.63) is 0 Å². The van der Waals surface area contributed by atoms with E-state index in [1.807, 2.05) is 0 Å². The molecule has 146 valence electrons. The molecule has 0 rings (SSSR count). The molecule has 0 radical (unpaired) electrons. The molecule has 0 spiro atoms. The molecular formula is C19H42Br3N-2. The minimum Gasteiger partial charge on any atom is -1.00 e. The van der Waals surface area contributed by atoms with Gasteiger partial charge in [-0.2, -0.15) is 0 Å². The van der Waals surface area contributed by atoms with Crippen molar-refractivity contribution in [3.63, 3.8) is 0 Å². The lowest BCUT2D eigenvalue weighted by Crippen LogP contribution is -3.00. The van der Waals surface area contributed by atoms with Gasteiger partial charge in [0.25, 0.3) is 0 Å². The highest BCUT2D eigenvalue weighted by molar-refractivity contribution is 4.49. The fraction of sp³-hybridized carbons (Fsp3) is 1.00. The highest BCUT2D eigenvalue weighted by Crippen LogP contribution is 2.13. The van der Waals surface area contributed by atoms with Gasteiger partial charge in [-0.05, 0) is 12.8 Å². The van der Waals surface area contributed by atoms with Crippen molar-refractivity contribution in [2.24, 2.45) is 0 Å². The maximum Gasteiger partial charge on any atom is 0.0780 e. The van der Waals surface area contributed by atoms with E-state index in [4.69, 9.17) is 0 Å². The summed E-state index contributed by atoms with van der Waals surface area (Å²) in [5.74, 6) is 0. The van der Waals surface area contributed by atoms with Crippen LogP contribution in [-0.4, -0.2) is 32.2 Å². The van der Waals surface area contributed by atoms with Gasteiger partial charge in [-0.1, -0.05) is 84.0 Å². The smallest absolute Gasteiger partial charge is 0.0780 e. The zero-order chi connectivity index (χ0) is 15.1. The summed E-state index contributed by atoms with van der Waals surface area (Å²) in [6.07, 6.45) is 20.4. The SMILES string of the molecule is CCCCCCCCCCCCCCCC[N+](C)(C)C.[Br-].[Br-].[Br-]. The fourth-order valence-electron chi connectivity index (χ4n) is 2.78. The lowest BCUT2D eigenvalue weighted by atomic mass is 10.0. The average molecular weight is 524 g/mol. The van der Waals surface area contributed by atoms with Crippen molar-refractivity contribution in [2.45, 2.75) is 96.8 Å². The normalized spacial score (nSPS) is 10.4. The Balaban J connectivity index is -0.000000602. The molecule has 0 aliphatic carbocycles. The summed E-state index contributed by atoms with van der Waals surface area (Å²) in [4.78, 5) is 0. The third kappa shape index (κ3) is 31.7. The Morgan fingerprint density at radius 2 is 0.696 bits per heavy atom. The lowest BCUT2D eigenvalue weighted by molar-refractivity contribution is -0.870. The van der Waals surface area contributed by atoms with Crippen LogP contribution in [0.4, 0.5) is 0 Å². The van der Waals surface area contributed by atoms with Gasteiger partial charge >= 0.3 is 0 Å². The molecule has 0 aliphatic rings. The maximum atomic E-state index is 2.29. The van der Waals surface area contributed by atoms with Gasteiger partial charge in [0.2, 0.25) is 0 Å². The predicted molar refractivity (Wildman–Crippen MR) is 93.2 cm³/mol. The number of hydrogen-bond donors (Lipinski definition) is 0. The second-order valence-corrected chi connectivity index (χ2v) is 7.61. The van der Waals surface area contributed by atoms with Crippen LogP contribution in [0.25, 0.3) is 0 Å². The number of rotatable bonds is 15. The molecule has 0 aliphatic heterocycles. The fourth-order valence-corrected chi connectivity index (χ4v) is 2.78. The molecule has 0 heterocycles. The van der Waals surface area contributed by atoms with E-state index >= 15 is 0 Å². The molecule has 0 aromatic rings. The number of nitrogens with zero attached hydrogens (tertiary/aromatic N) is 1. The van der Waals surface area contributed by atoms with Gasteiger partial charge in [0, 0.05) is 0 Å². The Morgan fingerprint density at radius 3 is 0.957 bits per heavy atom. The van der Waals surface area contributed by atoms with Crippen molar-refractivity contribution in [1.82, 2.24) is 0 Å². The molecule has 1 nitrogen and oxygen atoms in total. The van der Waals surface area contributed by atoms with E-state index in [2.05, 4.69) is 28.1 Å². The van der Waals surface area contributed by atoms with Crippen LogP contribution in [0.1, 0.15) is 96.8 Å². The first kappa shape index (κ1) is 32.1. The van der Waals surface area contributed by atoms with Crippen LogP contribution in [-0.2, 0) is 0 Å². The zero-order valence-corrected chi connectivity index (χ0v) is 20.9. The van der Waals surface area contributed by atoms with Crippen LogP contribution in [0.2, 0.25) is 0 Å². The quantitative estimate of drug-likeness (QED) is 0.161. The number of quaternary nitrogens is 1. The van der Waals surface area contributed by atoms with Crippen molar-refractivity contribution in [1.29, 1.82) is 0 Å². The summed E-state index contributed by atoms with van der Waals surface area (Å²) >= 11 is 0. The zero-order valence-electron chi connectivity index (χ0n) is 16.2. The molecule has 0 N–H and O–H groups in total. The Labute approximate surface area is 179 Å². The summed E-state index contributed by atoms with van der Waals surface area (Å²) < 4.78 is 1.12. The molecule has 0 bridgehead atoms. The molecule has 0 saturated carbocycles.